The Hall–Kier alpha value is -2.23. The van der Waals surface area contributed by atoms with E-state index in [0.717, 1.165) is 34.3 Å². The predicted molar refractivity (Wildman–Crippen MR) is 97.8 cm³/mol. The molecule has 1 atom stereocenters. The van der Waals surface area contributed by atoms with E-state index < -0.39 is 0 Å². The van der Waals surface area contributed by atoms with Gasteiger partial charge in [0.25, 0.3) is 0 Å². The van der Waals surface area contributed by atoms with Crippen molar-refractivity contribution in [3.63, 3.8) is 0 Å². The second kappa shape index (κ2) is 8.42. The average molecular weight is 310 g/mol. The lowest BCUT2D eigenvalue weighted by molar-refractivity contribution is 0.541. The molecule has 0 saturated carbocycles. The van der Waals surface area contributed by atoms with E-state index in [2.05, 4.69) is 29.1 Å². The Labute approximate surface area is 138 Å². The lowest BCUT2D eigenvalue weighted by atomic mass is 10.1. The molecule has 0 amide bonds. The summed E-state index contributed by atoms with van der Waals surface area (Å²) in [4.78, 5) is 9.08. The summed E-state index contributed by atoms with van der Waals surface area (Å²) in [7, 11) is 0. The van der Waals surface area contributed by atoms with Crippen LogP contribution in [0.25, 0.3) is 16.6 Å². The van der Waals surface area contributed by atoms with Gasteiger partial charge >= 0.3 is 0 Å². The molecule has 0 saturated heterocycles. The van der Waals surface area contributed by atoms with E-state index in [9.17, 15) is 0 Å². The van der Waals surface area contributed by atoms with Crippen molar-refractivity contribution in [2.24, 2.45) is 0 Å². The van der Waals surface area contributed by atoms with Crippen LogP contribution < -0.4 is 5.32 Å². The maximum atomic E-state index is 7.66. The third-order valence-electron chi connectivity index (χ3n) is 3.91. The number of nitrogens with one attached hydrogen (secondary N) is 2. The molecule has 0 aliphatic rings. The minimum atomic E-state index is 0.396. The second-order valence-electron chi connectivity index (χ2n) is 6.05. The first-order valence-electron chi connectivity index (χ1n) is 8.34. The van der Waals surface area contributed by atoms with E-state index in [1.165, 1.54) is 25.5 Å². The molecule has 2 aromatic rings. The molecular weight excluding hydrogens is 284 g/mol. The zero-order valence-electron chi connectivity index (χ0n) is 14.3. The van der Waals surface area contributed by atoms with E-state index in [1.807, 2.05) is 31.3 Å². The summed E-state index contributed by atoms with van der Waals surface area (Å²) in [6, 6.07) is 6.42. The van der Waals surface area contributed by atoms with Crippen LogP contribution >= 0.6 is 0 Å². The summed E-state index contributed by atoms with van der Waals surface area (Å²) >= 11 is 0. The minimum absolute atomic E-state index is 0.396. The van der Waals surface area contributed by atoms with Crippen molar-refractivity contribution in [3.05, 3.63) is 41.9 Å². The first-order valence-corrected chi connectivity index (χ1v) is 8.34. The third-order valence-corrected chi connectivity index (χ3v) is 3.91. The molecule has 0 fully saturated rings. The molecule has 1 unspecified atom stereocenters. The topological polar surface area (TPSA) is 61.7 Å². The van der Waals surface area contributed by atoms with Crippen molar-refractivity contribution < 1.29 is 0 Å². The minimum Gasteiger partial charge on any atom is -0.388 e. The van der Waals surface area contributed by atoms with Gasteiger partial charge < -0.3 is 10.7 Å². The first kappa shape index (κ1) is 17.1. The van der Waals surface area contributed by atoms with Gasteiger partial charge in [-0.25, -0.2) is 4.98 Å². The maximum absolute atomic E-state index is 7.66. The summed E-state index contributed by atoms with van der Waals surface area (Å²) in [5, 5.41) is 11.0. The normalized spacial score (nSPS) is 13.1. The summed E-state index contributed by atoms with van der Waals surface area (Å²) in [6.45, 7) is 6.43. The number of hydrogen-bond acceptors (Lipinski definition) is 4. The van der Waals surface area contributed by atoms with Crippen LogP contribution in [0.1, 0.15) is 50.8 Å². The highest BCUT2D eigenvalue weighted by Crippen LogP contribution is 2.15. The highest BCUT2D eigenvalue weighted by atomic mass is 14.9. The molecule has 0 aliphatic carbocycles. The van der Waals surface area contributed by atoms with Gasteiger partial charge in [-0.15, -0.1) is 0 Å². The van der Waals surface area contributed by atoms with E-state index in [-0.39, 0.29) is 0 Å². The number of unbranched alkanes of at least 4 members (excludes halogenated alkanes) is 2. The summed E-state index contributed by atoms with van der Waals surface area (Å²) < 4.78 is 0. The van der Waals surface area contributed by atoms with E-state index in [0.29, 0.717) is 6.04 Å². The molecule has 122 valence electrons. The molecule has 0 radical (unpaired) electrons. The van der Waals surface area contributed by atoms with Crippen molar-refractivity contribution >= 4 is 22.8 Å². The van der Waals surface area contributed by atoms with Crippen LogP contribution in [-0.4, -0.2) is 22.2 Å². The number of allylic oxidation sites excluding steroid dienone is 1. The molecule has 23 heavy (non-hydrogen) atoms. The van der Waals surface area contributed by atoms with Crippen LogP contribution in [0.3, 0.4) is 0 Å². The Bertz CT molecular complexity index is 691. The van der Waals surface area contributed by atoms with Crippen LogP contribution in [-0.2, 0) is 0 Å². The Kier molecular flexibility index (Phi) is 6.27. The molecule has 2 rings (SSSR count). The smallest absolute Gasteiger partial charge is 0.0922 e. The highest BCUT2D eigenvalue weighted by molar-refractivity contribution is 6.07. The number of nitrogens with zero attached hydrogens (tertiary/aromatic N) is 2. The van der Waals surface area contributed by atoms with Gasteiger partial charge in [-0.2, -0.15) is 0 Å². The molecule has 2 N–H and O–H groups in total. The van der Waals surface area contributed by atoms with Crippen molar-refractivity contribution in [1.82, 2.24) is 15.3 Å². The zero-order valence-corrected chi connectivity index (χ0v) is 14.3. The van der Waals surface area contributed by atoms with Crippen molar-refractivity contribution in [3.8, 4) is 0 Å². The van der Waals surface area contributed by atoms with Gasteiger partial charge in [-0.1, -0.05) is 32.3 Å². The second-order valence-corrected chi connectivity index (χ2v) is 6.05. The summed E-state index contributed by atoms with van der Waals surface area (Å²) in [5.41, 5.74) is 4.39. The fourth-order valence-electron chi connectivity index (χ4n) is 2.47. The number of rotatable bonds is 8. The van der Waals surface area contributed by atoms with Crippen LogP contribution in [0.2, 0.25) is 0 Å². The Morgan fingerprint density at radius 3 is 2.87 bits per heavy atom. The molecule has 1 heterocycles. The van der Waals surface area contributed by atoms with Crippen molar-refractivity contribution in [2.75, 3.05) is 0 Å². The SMILES string of the molecule is CCCCCC(C)N/C=C(\C=N)c1cnc2ccc(C)cc2n1. The molecule has 4 nitrogen and oxygen atoms in total. The zero-order chi connectivity index (χ0) is 16.7. The number of aromatic nitrogens is 2. The lowest BCUT2D eigenvalue weighted by Crippen LogP contribution is -2.20. The molecule has 1 aromatic carbocycles. The molecule has 4 heteroatoms. The van der Waals surface area contributed by atoms with Gasteiger partial charge in [0.05, 0.1) is 22.9 Å². The highest BCUT2D eigenvalue weighted by Gasteiger charge is 2.05. The number of benzene rings is 1. The van der Waals surface area contributed by atoms with Crippen LogP contribution in [0, 0.1) is 12.3 Å². The van der Waals surface area contributed by atoms with Gasteiger partial charge in [0.2, 0.25) is 0 Å². The number of fused-ring (bicyclic) bond motifs is 1. The fraction of sp³-hybridized carbons (Fsp3) is 0.421. The summed E-state index contributed by atoms with van der Waals surface area (Å²) in [5.74, 6) is 0. The Balaban J connectivity index is 2.13. The fourth-order valence-corrected chi connectivity index (χ4v) is 2.47. The average Bonchev–Trinajstić information content (AvgIpc) is 2.55. The van der Waals surface area contributed by atoms with Gasteiger partial charge in [-0.05, 0) is 38.0 Å². The molecule has 0 bridgehead atoms. The molecule has 0 aliphatic heterocycles. The van der Waals surface area contributed by atoms with E-state index >= 15 is 0 Å². The van der Waals surface area contributed by atoms with Gasteiger partial charge in [0, 0.05) is 24.0 Å². The molecule has 1 aromatic heterocycles. The van der Waals surface area contributed by atoms with Crippen LogP contribution in [0.5, 0.6) is 0 Å². The summed E-state index contributed by atoms with van der Waals surface area (Å²) in [6.07, 6.45) is 9.82. The van der Waals surface area contributed by atoms with Crippen molar-refractivity contribution in [2.45, 2.75) is 52.5 Å². The standard InChI is InChI=1S/C19H26N4/c1-4-5-6-7-15(3)21-12-16(11-20)19-13-22-17-9-8-14(2)10-18(17)23-19/h8-13,15,20-21H,4-7H2,1-3H3/b16-12+,20-11?. The van der Waals surface area contributed by atoms with E-state index in [1.54, 1.807) is 6.20 Å². The van der Waals surface area contributed by atoms with Gasteiger partial charge in [0.1, 0.15) is 0 Å². The number of aryl methyl sites for hydroxylation is 1. The van der Waals surface area contributed by atoms with Crippen LogP contribution in [0.4, 0.5) is 0 Å². The first-order chi connectivity index (χ1) is 11.1. The van der Waals surface area contributed by atoms with Gasteiger partial charge in [0.15, 0.2) is 0 Å². The third kappa shape index (κ3) is 4.88. The maximum Gasteiger partial charge on any atom is 0.0922 e. The van der Waals surface area contributed by atoms with Crippen LogP contribution in [0.15, 0.2) is 30.6 Å². The predicted octanol–water partition coefficient (Wildman–Crippen LogP) is 4.49. The van der Waals surface area contributed by atoms with Gasteiger partial charge in [-0.3, -0.25) is 4.98 Å². The monoisotopic (exact) mass is 310 g/mol. The Morgan fingerprint density at radius 1 is 1.30 bits per heavy atom. The molecule has 0 spiro atoms. The largest absolute Gasteiger partial charge is 0.388 e. The van der Waals surface area contributed by atoms with E-state index in [4.69, 9.17) is 5.41 Å². The Morgan fingerprint density at radius 2 is 2.13 bits per heavy atom. The van der Waals surface area contributed by atoms with Crippen molar-refractivity contribution in [1.29, 1.82) is 5.41 Å². The lowest BCUT2D eigenvalue weighted by Gasteiger charge is -2.12. The quantitative estimate of drug-likeness (QED) is 0.558. The number of hydrogen-bond donors (Lipinski definition) is 2. The molecular formula is C19H26N4.